The first-order valence-corrected chi connectivity index (χ1v) is 7.88. The van der Waals surface area contributed by atoms with Crippen molar-refractivity contribution in [2.45, 2.75) is 26.8 Å². The summed E-state index contributed by atoms with van der Waals surface area (Å²) in [5, 5.41) is 3.04. The zero-order valence-corrected chi connectivity index (χ0v) is 13.3. The lowest BCUT2D eigenvalue weighted by Gasteiger charge is -2.25. The van der Waals surface area contributed by atoms with Crippen LogP contribution >= 0.6 is 0 Å². The van der Waals surface area contributed by atoms with E-state index < -0.39 is 0 Å². The van der Waals surface area contributed by atoms with Crippen LogP contribution in [0.25, 0.3) is 0 Å². The standard InChI is InChI=1S/C19H22N2O/c1-14-9-15(2)11-18(10-14)20-19(22)13-21-8-7-16-5-3-4-6-17(16)12-21/h3-6,9-11H,7-8,12-13H2,1-2H3,(H,20,22)/p+1. The van der Waals surface area contributed by atoms with E-state index in [1.807, 2.05) is 12.1 Å². The summed E-state index contributed by atoms with van der Waals surface area (Å²) in [6.45, 7) is 6.60. The van der Waals surface area contributed by atoms with Crippen LogP contribution in [0.1, 0.15) is 22.3 Å². The summed E-state index contributed by atoms with van der Waals surface area (Å²) in [6.07, 6.45) is 1.06. The fourth-order valence-electron chi connectivity index (χ4n) is 3.27. The van der Waals surface area contributed by atoms with Crippen molar-refractivity contribution in [2.75, 3.05) is 18.4 Å². The Labute approximate surface area is 132 Å². The van der Waals surface area contributed by atoms with Gasteiger partial charge in [0.05, 0.1) is 6.54 Å². The second kappa shape index (κ2) is 6.32. The number of anilines is 1. The Morgan fingerprint density at radius 1 is 1.09 bits per heavy atom. The first-order valence-electron chi connectivity index (χ1n) is 7.88. The molecule has 0 saturated carbocycles. The van der Waals surface area contributed by atoms with Crippen molar-refractivity contribution in [1.82, 2.24) is 0 Å². The summed E-state index contributed by atoms with van der Waals surface area (Å²) in [6, 6.07) is 14.7. The maximum atomic E-state index is 12.3. The third-order valence-corrected chi connectivity index (χ3v) is 4.22. The highest BCUT2D eigenvalue weighted by molar-refractivity contribution is 5.91. The molecule has 3 nitrogen and oxygen atoms in total. The zero-order chi connectivity index (χ0) is 15.5. The fraction of sp³-hybridized carbons (Fsp3) is 0.316. The van der Waals surface area contributed by atoms with Gasteiger partial charge in [-0.15, -0.1) is 0 Å². The number of rotatable bonds is 3. The summed E-state index contributed by atoms with van der Waals surface area (Å²) in [4.78, 5) is 13.6. The van der Waals surface area contributed by atoms with E-state index in [4.69, 9.17) is 0 Å². The lowest BCUT2D eigenvalue weighted by atomic mass is 10.00. The van der Waals surface area contributed by atoms with Crippen LogP contribution in [0.15, 0.2) is 42.5 Å². The van der Waals surface area contributed by atoms with E-state index in [9.17, 15) is 4.79 Å². The number of nitrogens with one attached hydrogen (secondary N) is 2. The minimum absolute atomic E-state index is 0.0966. The third kappa shape index (κ3) is 3.55. The molecule has 3 rings (SSSR count). The summed E-state index contributed by atoms with van der Waals surface area (Å²) in [7, 11) is 0. The smallest absolute Gasteiger partial charge is 0.279 e. The zero-order valence-electron chi connectivity index (χ0n) is 13.3. The summed E-state index contributed by atoms with van der Waals surface area (Å²) < 4.78 is 0. The van der Waals surface area contributed by atoms with Gasteiger partial charge in [0.2, 0.25) is 0 Å². The number of benzene rings is 2. The average Bonchev–Trinajstić information content (AvgIpc) is 2.45. The molecule has 1 atom stereocenters. The number of fused-ring (bicyclic) bond motifs is 1. The van der Waals surface area contributed by atoms with Crippen LogP contribution < -0.4 is 10.2 Å². The Balaban J connectivity index is 1.61. The van der Waals surface area contributed by atoms with Crippen LogP contribution in [0.4, 0.5) is 5.69 Å². The number of hydrogen-bond acceptors (Lipinski definition) is 1. The topological polar surface area (TPSA) is 33.5 Å². The van der Waals surface area contributed by atoms with Gasteiger partial charge in [0.1, 0.15) is 6.54 Å². The highest BCUT2D eigenvalue weighted by atomic mass is 16.2. The first kappa shape index (κ1) is 14.8. The second-order valence-electron chi connectivity index (χ2n) is 6.30. The molecule has 1 heterocycles. The molecular formula is C19H23N2O+. The number of amides is 1. The predicted octanol–water partition coefficient (Wildman–Crippen LogP) is 1.88. The fourth-order valence-corrected chi connectivity index (χ4v) is 3.27. The van der Waals surface area contributed by atoms with Crippen LogP contribution in [0, 0.1) is 13.8 Å². The van der Waals surface area contributed by atoms with Gasteiger partial charge in [-0.3, -0.25) is 4.79 Å². The predicted molar refractivity (Wildman–Crippen MR) is 89.1 cm³/mol. The third-order valence-electron chi connectivity index (χ3n) is 4.22. The molecule has 2 N–H and O–H groups in total. The molecular weight excluding hydrogens is 272 g/mol. The van der Waals surface area contributed by atoms with Crippen molar-refractivity contribution < 1.29 is 9.69 Å². The molecule has 2 aromatic rings. The van der Waals surface area contributed by atoms with Crippen LogP contribution in [-0.4, -0.2) is 19.0 Å². The van der Waals surface area contributed by atoms with Gasteiger partial charge < -0.3 is 10.2 Å². The molecule has 1 aliphatic heterocycles. The lowest BCUT2D eigenvalue weighted by Crippen LogP contribution is -3.12. The highest BCUT2D eigenvalue weighted by Crippen LogP contribution is 2.13. The number of carbonyl (C=O) groups is 1. The molecule has 114 valence electrons. The number of quaternary nitrogens is 1. The van der Waals surface area contributed by atoms with Gasteiger partial charge in [-0.2, -0.15) is 0 Å². The van der Waals surface area contributed by atoms with E-state index in [2.05, 4.69) is 49.5 Å². The minimum atomic E-state index is 0.0966. The molecule has 0 saturated heterocycles. The summed E-state index contributed by atoms with van der Waals surface area (Å²) in [5.74, 6) is 0.0966. The molecule has 1 aliphatic rings. The summed E-state index contributed by atoms with van der Waals surface area (Å²) >= 11 is 0. The van der Waals surface area contributed by atoms with E-state index in [-0.39, 0.29) is 5.91 Å². The van der Waals surface area contributed by atoms with Gasteiger partial charge in [0.25, 0.3) is 5.91 Å². The van der Waals surface area contributed by atoms with Gasteiger partial charge in [0.15, 0.2) is 6.54 Å². The largest absolute Gasteiger partial charge is 0.323 e. The van der Waals surface area contributed by atoms with Gasteiger partial charge in [-0.05, 0) is 42.7 Å². The maximum absolute atomic E-state index is 12.3. The molecule has 0 aromatic heterocycles. The molecule has 1 unspecified atom stereocenters. The first-order chi connectivity index (χ1) is 10.6. The highest BCUT2D eigenvalue weighted by Gasteiger charge is 2.21. The van der Waals surface area contributed by atoms with Gasteiger partial charge in [-0.25, -0.2) is 0 Å². The van der Waals surface area contributed by atoms with Crippen molar-refractivity contribution in [3.8, 4) is 0 Å². The van der Waals surface area contributed by atoms with Crippen LogP contribution in [-0.2, 0) is 17.8 Å². The molecule has 0 radical (unpaired) electrons. The van der Waals surface area contributed by atoms with E-state index >= 15 is 0 Å². The van der Waals surface area contributed by atoms with E-state index in [0.717, 1.165) is 25.2 Å². The molecule has 22 heavy (non-hydrogen) atoms. The lowest BCUT2D eigenvalue weighted by molar-refractivity contribution is -0.907. The Morgan fingerprint density at radius 2 is 1.77 bits per heavy atom. The Hall–Kier alpha value is -2.13. The molecule has 0 fully saturated rings. The number of carbonyl (C=O) groups excluding carboxylic acids is 1. The van der Waals surface area contributed by atoms with Gasteiger partial charge in [0, 0.05) is 17.7 Å². The second-order valence-corrected chi connectivity index (χ2v) is 6.30. The Bertz CT molecular complexity index is 673. The monoisotopic (exact) mass is 295 g/mol. The van der Waals surface area contributed by atoms with Crippen molar-refractivity contribution >= 4 is 11.6 Å². The van der Waals surface area contributed by atoms with Crippen molar-refractivity contribution in [3.05, 3.63) is 64.7 Å². The average molecular weight is 295 g/mol. The van der Waals surface area contributed by atoms with E-state index in [1.54, 1.807) is 0 Å². The van der Waals surface area contributed by atoms with Gasteiger partial charge >= 0.3 is 0 Å². The van der Waals surface area contributed by atoms with E-state index in [0.29, 0.717) is 6.54 Å². The molecule has 1 amide bonds. The number of hydrogen-bond donors (Lipinski definition) is 2. The Kier molecular flexibility index (Phi) is 4.25. The Morgan fingerprint density at radius 3 is 2.50 bits per heavy atom. The normalized spacial score (nSPS) is 16.9. The van der Waals surface area contributed by atoms with Crippen LogP contribution in [0.3, 0.4) is 0 Å². The van der Waals surface area contributed by atoms with Crippen molar-refractivity contribution in [3.63, 3.8) is 0 Å². The van der Waals surface area contributed by atoms with Crippen molar-refractivity contribution in [1.29, 1.82) is 0 Å². The van der Waals surface area contributed by atoms with Crippen LogP contribution in [0.2, 0.25) is 0 Å². The van der Waals surface area contributed by atoms with Crippen molar-refractivity contribution in [2.24, 2.45) is 0 Å². The van der Waals surface area contributed by atoms with Gasteiger partial charge in [-0.1, -0.05) is 30.3 Å². The van der Waals surface area contributed by atoms with E-state index in [1.165, 1.54) is 27.2 Å². The maximum Gasteiger partial charge on any atom is 0.279 e. The number of aryl methyl sites for hydroxylation is 2. The molecule has 0 aliphatic carbocycles. The minimum Gasteiger partial charge on any atom is -0.323 e. The van der Waals surface area contributed by atoms with Crippen LogP contribution in [0.5, 0.6) is 0 Å². The summed E-state index contributed by atoms with van der Waals surface area (Å²) in [5.41, 5.74) is 6.06. The quantitative estimate of drug-likeness (QED) is 0.891. The molecule has 3 heteroatoms. The SMILES string of the molecule is Cc1cc(C)cc(NC(=O)C[NH+]2CCc3ccccc3C2)c1. The molecule has 0 spiro atoms. The molecule has 2 aromatic carbocycles. The molecule has 0 bridgehead atoms.